The van der Waals surface area contributed by atoms with Crippen LogP contribution in [0.3, 0.4) is 0 Å². The molecule has 0 saturated heterocycles. The molecule has 0 saturated carbocycles. The third-order valence-corrected chi connectivity index (χ3v) is 5.26. The summed E-state index contributed by atoms with van der Waals surface area (Å²) in [5.74, 6) is -0.351. The molecule has 2 aromatic rings. The number of carbonyl (C=O) groups is 1. The lowest BCUT2D eigenvalue weighted by Gasteiger charge is -2.06. The molecule has 2 rings (SSSR count). The maximum atomic E-state index is 12.1. The molecule has 4 heteroatoms. The van der Waals surface area contributed by atoms with Crippen LogP contribution in [0.5, 0.6) is 0 Å². The molecule has 0 aliphatic heterocycles. The van der Waals surface area contributed by atoms with E-state index in [0.717, 1.165) is 23.4 Å². The molecule has 0 amide bonds. The van der Waals surface area contributed by atoms with Gasteiger partial charge in [-0.1, -0.05) is 74.9 Å². The molecule has 0 bridgehead atoms. The highest BCUT2D eigenvalue weighted by molar-refractivity contribution is 7.95. The Hall–Kier alpha value is -1.45. The highest BCUT2D eigenvalue weighted by atomic mass is 35.5. The van der Waals surface area contributed by atoms with Crippen LogP contribution in [-0.2, 0) is 10.6 Å². The van der Waals surface area contributed by atoms with Crippen LogP contribution in [0.1, 0.15) is 61.4 Å². The standard InChI is InChI=1S/C21H25ClO2S/c1-2-3-4-5-6-7-10-17-13-15-18(16-14-17)21(23)24-25-20-12-9-8-11-19(20)22/h8-9,11-16H,2-7,10H2,1H3. The second-order valence-electron chi connectivity index (χ2n) is 6.10. The minimum Gasteiger partial charge on any atom is -0.382 e. The van der Waals surface area contributed by atoms with Crippen LogP contribution in [0.4, 0.5) is 0 Å². The lowest BCUT2D eigenvalue weighted by Crippen LogP contribution is -2.00. The van der Waals surface area contributed by atoms with E-state index >= 15 is 0 Å². The average Bonchev–Trinajstić information content (AvgIpc) is 2.64. The number of unbranched alkanes of at least 4 members (excludes halogenated alkanes) is 5. The molecule has 0 unspecified atom stereocenters. The Morgan fingerprint density at radius 3 is 2.36 bits per heavy atom. The van der Waals surface area contributed by atoms with Crippen molar-refractivity contribution < 1.29 is 8.98 Å². The first-order chi connectivity index (χ1) is 12.2. The van der Waals surface area contributed by atoms with Crippen molar-refractivity contribution in [2.45, 2.75) is 56.8 Å². The molecule has 0 aliphatic carbocycles. The molecule has 0 aromatic heterocycles. The van der Waals surface area contributed by atoms with Gasteiger partial charge < -0.3 is 4.18 Å². The molecule has 0 heterocycles. The molecule has 0 aliphatic rings. The highest BCUT2D eigenvalue weighted by Crippen LogP contribution is 2.28. The zero-order valence-corrected chi connectivity index (χ0v) is 16.2. The maximum absolute atomic E-state index is 12.1. The van der Waals surface area contributed by atoms with Gasteiger partial charge >= 0.3 is 5.97 Å². The van der Waals surface area contributed by atoms with Crippen LogP contribution in [-0.4, -0.2) is 5.97 Å². The Bertz CT molecular complexity index is 655. The van der Waals surface area contributed by atoms with E-state index in [2.05, 4.69) is 6.92 Å². The molecule has 25 heavy (non-hydrogen) atoms. The van der Waals surface area contributed by atoms with Gasteiger partial charge in [0, 0.05) is 0 Å². The van der Waals surface area contributed by atoms with E-state index < -0.39 is 0 Å². The van der Waals surface area contributed by atoms with Crippen LogP contribution in [0.25, 0.3) is 0 Å². The summed E-state index contributed by atoms with van der Waals surface area (Å²) >= 11 is 7.05. The van der Waals surface area contributed by atoms with Crippen molar-refractivity contribution in [1.29, 1.82) is 0 Å². The molecule has 2 aromatic carbocycles. The molecule has 0 radical (unpaired) electrons. The lowest BCUT2D eigenvalue weighted by molar-refractivity contribution is 0.0768. The predicted molar refractivity (Wildman–Crippen MR) is 106 cm³/mol. The van der Waals surface area contributed by atoms with Gasteiger partial charge in [0.1, 0.15) is 0 Å². The number of hydrogen-bond donors (Lipinski definition) is 0. The number of hydrogen-bond acceptors (Lipinski definition) is 3. The molecular formula is C21H25ClO2S. The number of aryl methyl sites for hydroxylation is 1. The van der Waals surface area contributed by atoms with Crippen molar-refractivity contribution in [2.24, 2.45) is 0 Å². The van der Waals surface area contributed by atoms with Gasteiger partial charge in [-0.15, -0.1) is 0 Å². The monoisotopic (exact) mass is 376 g/mol. The Labute approximate surface area is 160 Å². The zero-order chi connectivity index (χ0) is 17.9. The van der Waals surface area contributed by atoms with E-state index in [1.807, 2.05) is 42.5 Å². The number of benzene rings is 2. The SMILES string of the molecule is CCCCCCCCc1ccc(C(=O)OSc2ccccc2Cl)cc1. The van der Waals surface area contributed by atoms with Crippen LogP contribution < -0.4 is 0 Å². The number of rotatable bonds is 10. The molecule has 0 atom stereocenters. The fraction of sp³-hybridized carbons (Fsp3) is 0.381. The fourth-order valence-electron chi connectivity index (χ4n) is 2.56. The first-order valence-electron chi connectivity index (χ1n) is 8.93. The quantitative estimate of drug-likeness (QED) is 0.326. The summed E-state index contributed by atoms with van der Waals surface area (Å²) in [5, 5.41) is 0.578. The van der Waals surface area contributed by atoms with Gasteiger partial charge in [0.15, 0.2) is 0 Å². The van der Waals surface area contributed by atoms with Crippen molar-refractivity contribution in [1.82, 2.24) is 0 Å². The maximum Gasteiger partial charge on any atom is 0.350 e. The normalized spacial score (nSPS) is 10.6. The predicted octanol–water partition coefficient (Wildman–Crippen LogP) is 7.11. The van der Waals surface area contributed by atoms with Gasteiger partial charge in [0.2, 0.25) is 0 Å². The minimum atomic E-state index is -0.351. The minimum absolute atomic E-state index is 0.351. The van der Waals surface area contributed by atoms with E-state index in [1.165, 1.54) is 44.1 Å². The van der Waals surface area contributed by atoms with E-state index in [4.69, 9.17) is 15.8 Å². The molecule has 0 N–H and O–H groups in total. The van der Waals surface area contributed by atoms with Gasteiger partial charge in [-0.3, -0.25) is 0 Å². The Morgan fingerprint density at radius 2 is 1.64 bits per heavy atom. The molecule has 2 nitrogen and oxygen atoms in total. The Kier molecular flexibility index (Phi) is 8.92. The fourth-order valence-corrected chi connectivity index (χ4v) is 3.33. The summed E-state index contributed by atoms with van der Waals surface area (Å²) in [6.07, 6.45) is 8.82. The smallest absolute Gasteiger partial charge is 0.350 e. The van der Waals surface area contributed by atoms with Crippen LogP contribution in [0.2, 0.25) is 5.02 Å². The summed E-state index contributed by atoms with van der Waals surface area (Å²) in [4.78, 5) is 12.8. The van der Waals surface area contributed by atoms with Crippen LogP contribution >= 0.6 is 23.6 Å². The Morgan fingerprint density at radius 1 is 0.960 bits per heavy atom. The third kappa shape index (κ3) is 7.13. The summed E-state index contributed by atoms with van der Waals surface area (Å²) < 4.78 is 5.26. The highest BCUT2D eigenvalue weighted by Gasteiger charge is 2.10. The van der Waals surface area contributed by atoms with E-state index in [9.17, 15) is 4.79 Å². The van der Waals surface area contributed by atoms with Crippen molar-refractivity contribution >= 4 is 29.6 Å². The van der Waals surface area contributed by atoms with Crippen LogP contribution in [0, 0.1) is 0 Å². The third-order valence-electron chi connectivity index (χ3n) is 4.05. The molecule has 0 fully saturated rings. The van der Waals surface area contributed by atoms with E-state index in [0.29, 0.717) is 10.6 Å². The van der Waals surface area contributed by atoms with Crippen molar-refractivity contribution in [2.75, 3.05) is 0 Å². The van der Waals surface area contributed by atoms with Gasteiger partial charge in [0.05, 0.1) is 27.5 Å². The van der Waals surface area contributed by atoms with Gasteiger partial charge in [-0.25, -0.2) is 4.79 Å². The molecule has 0 spiro atoms. The summed E-state index contributed by atoms with van der Waals surface area (Å²) in [5.41, 5.74) is 1.83. The summed E-state index contributed by atoms with van der Waals surface area (Å²) in [6.45, 7) is 2.24. The summed E-state index contributed by atoms with van der Waals surface area (Å²) in [6, 6.07) is 15.0. The second-order valence-corrected chi connectivity index (χ2v) is 7.28. The topological polar surface area (TPSA) is 26.3 Å². The van der Waals surface area contributed by atoms with Crippen molar-refractivity contribution in [3.05, 3.63) is 64.7 Å². The van der Waals surface area contributed by atoms with Gasteiger partial charge in [-0.2, -0.15) is 0 Å². The molecular weight excluding hydrogens is 352 g/mol. The summed E-state index contributed by atoms with van der Waals surface area (Å²) in [7, 11) is 0. The van der Waals surface area contributed by atoms with E-state index in [-0.39, 0.29) is 5.97 Å². The first-order valence-corrected chi connectivity index (χ1v) is 10.0. The Balaban J connectivity index is 1.75. The zero-order valence-electron chi connectivity index (χ0n) is 14.7. The van der Waals surface area contributed by atoms with Crippen molar-refractivity contribution in [3.63, 3.8) is 0 Å². The van der Waals surface area contributed by atoms with E-state index in [1.54, 1.807) is 6.07 Å². The second kappa shape index (κ2) is 11.2. The largest absolute Gasteiger partial charge is 0.382 e. The van der Waals surface area contributed by atoms with Gasteiger partial charge in [-0.05, 0) is 42.7 Å². The average molecular weight is 377 g/mol. The van der Waals surface area contributed by atoms with Gasteiger partial charge in [0.25, 0.3) is 0 Å². The lowest BCUT2D eigenvalue weighted by atomic mass is 10.0. The number of carbonyl (C=O) groups excluding carboxylic acids is 1. The number of halogens is 1. The molecule has 134 valence electrons. The first kappa shape index (κ1) is 19.9. The van der Waals surface area contributed by atoms with Crippen molar-refractivity contribution in [3.8, 4) is 0 Å². The van der Waals surface area contributed by atoms with Crippen LogP contribution in [0.15, 0.2) is 53.4 Å².